The Morgan fingerprint density at radius 2 is 1.36 bits per heavy atom. The topological polar surface area (TPSA) is 154 Å². The second kappa shape index (κ2) is 16.1. The van der Waals surface area contributed by atoms with E-state index in [1.54, 1.807) is 0 Å². The summed E-state index contributed by atoms with van der Waals surface area (Å²) >= 11 is 0. The summed E-state index contributed by atoms with van der Waals surface area (Å²) in [5, 5.41) is 41.9. The number of rotatable bonds is 12. The first-order valence-electron chi connectivity index (χ1n) is 6.88. The zero-order valence-corrected chi connectivity index (χ0v) is 12.7. The average molecular weight is 326 g/mol. The third kappa shape index (κ3) is 13.7. The van der Waals surface area contributed by atoms with Crippen LogP contribution in [0.1, 0.15) is 25.7 Å². The molecule has 132 valence electrons. The summed E-state index contributed by atoms with van der Waals surface area (Å²) in [6, 6.07) is 0. The molecule has 0 rings (SSSR count). The number of aliphatic hydroxyl groups is 3. The zero-order valence-electron chi connectivity index (χ0n) is 12.7. The van der Waals surface area contributed by atoms with Gasteiger partial charge in [-0.3, -0.25) is 0 Å². The molecule has 9 heteroatoms. The SMILES string of the molecule is COC(C(=O)O)C(O)C(=O)O.OCCCCOCCCCO. The number of hydrogen-bond donors (Lipinski definition) is 5. The average Bonchev–Trinajstić information content (AvgIpc) is 2.47. The van der Waals surface area contributed by atoms with Crippen molar-refractivity contribution >= 4 is 11.9 Å². The van der Waals surface area contributed by atoms with Crippen molar-refractivity contribution in [1.29, 1.82) is 0 Å². The number of carbonyl (C=O) groups is 2. The lowest BCUT2D eigenvalue weighted by atomic mass is 10.2. The molecule has 2 atom stereocenters. The van der Waals surface area contributed by atoms with Gasteiger partial charge in [0.1, 0.15) is 0 Å². The summed E-state index contributed by atoms with van der Waals surface area (Å²) in [5.74, 6) is -3.14. The van der Waals surface area contributed by atoms with Crippen LogP contribution in [0.25, 0.3) is 0 Å². The quantitative estimate of drug-likeness (QED) is 0.286. The van der Waals surface area contributed by atoms with Gasteiger partial charge in [0.2, 0.25) is 0 Å². The molecular weight excluding hydrogens is 300 g/mol. The van der Waals surface area contributed by atoms with Crippen molar-refractivity contribution in [2.75, 3.05) is 33.5 Å². The van der Waals surface area contributed by atoms with Crippen molar-refractivity contribution < 1.29 is 44.6 Å². The smallest absolute Gasteiger partial charge is 0.336 e. The van der Waals surface area contributed by atoms with Crippen LogP contribution in [-0.4, -0.2) is 83.2 Å². The van der Waals surface area contributed by atoms with E-state index in [1.807, 2.05) is 0 Å². The van der Waals surface area contributed by atoms with E-state index in [1.165, 1.54) is 0 Å². The van der Waals surface area contributed by atoms with E-state index in [9.17, 15) is 9.59 Å². The van der Waals surface area contributed by atoms with Gasteiger partial charge in [-0.2, -0.15) is 0 Å². The minimum atomic E-state index is -2.03. The van der Waals surface area contributed by atoms with Gasteiger partial charge in [-0.1, -0.05) is 0 Å². The van der Waals surface area contributed by atoms with Gasteiger partial charge in [0.05, 0.1) is 0 Å². The highest BCUT2D eigenvalue weighted by atomic mass is 16.5. The molecule has 0 aliphatic heterocycles. The number of methoxy groups -OCH3 is 1. The molecule has 0 aliphatic carbocycles. The van der Waals surface area contributed by atoms with Crippen molar-refractivity contribution in [2.45, 2.75) is 37.9 Å². The molecule has 5 N–H and O–H groups in total. The second-order valence-electron chi connectivity index (χ2n) is 4.25. The normalized spacial score (nSPS) is 12.9. The predicted octanol–water partition coefficient (Wildman–Crippen LogP) is -0.920. The fourth-order valence-electron chi connectivity index (χ4n) is 1.23. The zero-order chi connectivity index (χ0) is 17.4. The lowest BCUT2D eigenvalue weighted by Gasteiger charge is -2.12. The molecule has 0 amide bonds. The van der Waals surface area contributed by atoms with Crippen LogP contribution < -0.4 is 0 Å². The third-order valence-corrected chi connectivity index (χ3v) is 2.43. The van der Waals surface area contributed by atoms with Gasteiger partial charge >= 0.3 is 11.9 Å². The second-order valence-corrected chi connectivity index (χ2v) is 4.25. The Kier molecular flexibility index (Phi) is 16.9. The maximum Gasteiger partial charge on any atom is 0.336 e. The number of hydrogen-bond acceptors (Lipinski definition) is 7. The fourth-order valence-corrected chi connectivity index (χ4v) is 1.23. The van der Waals surface area contributed by atoms with Crippen LogP contribution in [0.4, 0.5) is 0 Å². The number of aliphatic hydroxyl groups excluding tert-OH is 3. The third-order valence-electron chi connectivity index (χ3n) is 2.43. The molecule has 22 heavy (non-hydrogen) atoms. The Hall–Kier alpha value is -1.26. The van der Waals surface area contributed by atoms with Gasteiger partial charge in [-0.15, -0.1) is 0 Å². The number of aliphatic carboxylic acids is 2. The summed E-state index contributed by atoms with van der Waals surface area (Å²) in [6.45, 7) is 1.96. The van der Waals surface area contributed by atoms with Crippen LogP contribution in [0.5, 0.6) is 0 Å². The Morgan fingerprint density at radius 3 is 1.59 bits per heavy atom. The van der Waals surface area contributed by atoms with Crippen molar-refractivity contribution in [3.8, 4) is 0 Å². The molecule has 0 aromatic heterocycles. The molecule has 0 fully saturated rings. The summed E-state index contributed by atoms with van der Waals surface area (Å²) in [5.41, 5.74) is 0. The van der Waals surface area contributed by atoms with Crippen LogP contribution in [0, 0.1) is 0 Å². The molecule has 9 nitrogen and oxygen atoms in total. The molecule has 0 aromatic carbocycles. The Labute approximate surface area is 129 Å². The van der Waals surface area contributed by atoms with E-state index < -0.39 is 24.1 Å². The molecule has 0 bridgehead atoms. The highest BCUT2D eigenvalue weighted by Crippen LogP contribution is 1.98. The Balaban J connectivity index is 0. The van der Waals surface area contributed by atoms with E-state index in [-0.39, 0.29) is 13.2 Å². The first-order chi connectivity index (χ1) is 10.4. The van der Waals surface area contributed by atoms with E-state index in [0.717, 1.165) is 46.0 Å². The lowest BCUT2D eigenvalue weighted by Crippen LogP contribution is -2.40. The molecule has 0 aliphatic rings. The van der Waals surface area contributed by atoms with Crippen molar-refractivity contribution in [3.05, 3.63) is 0 Å². The maximum absolute atomic E-state index is 10.1. The number of carboxylic acid groups (broad SMARTS) is 2. The van der Waals surface area contributed by atoms with E-state index >= 15 is 0 Å². The predicted molar refractivity (Wildman–Crippen MR) is 75.5 cm³/mol. The first-order valence-corrected chi connectivity index (χ1v) is 6.88. The summed E-state index contributed by atoms with van der Waals surface area (Å²) in [7, 11) is 1.00. The Bertz CT molecular complexity index is 275. The van der Waals surface area contributed by atoms with Gasteiger partial charge in [0.25, 0.3) is 0 Å². The minimum Gasteiger partial charge on any atom is -0.479 e. The number of ether oxygens (including phenoxy) is 2. The standard InChI is InChI=1S/C8H18O3.C5H8O6/c9-5-1-3-7-11-8-4-2-6-10;1-11-3(5(9)10)2(6)4(7)8/h9-10H,1-8H2;2-3,6H,1H3,(H,7,8)(H,9,10). The van der Waals surface area contributed by atoms with E-state index in [0.29, 0.717) is 0 Å². The van der Waals surface area contributed by atoms with Gasteiger partial charge in [0, 0.05) is 33.5 Å². The van der Waals surface area contributed by atoms with Crippen molar-refractivity contribution in [1.82, 2.24) is 0 Å². The van der Waals surface area contributed by atoms with Crippen LogP contribution in [-0.2, 0) is 19.1 Å². The summed E-state index contributed by atoms with van der Waals surface area (Å²) in [4.78, 5) is 20.1. The number of carboxylic acids is 2. The van der Waals surface area contributed by atoms with Gasteiger partial charge in [-0.25, -0.2) is 9.59 Å². The number of unbranched alkanes of at least 4 members (excludes halogenated alkanes) is 2. The highest BCUT2D eigenvalue weighted by Gasteiger charge is 2.31. The van der Waals surface area contributed by atoms with Crippen LogP contribution in [0.15, 0.2) is 0 Å². The van der Waals surface area contributed by atoms with Crippen molar-refractivity contribution in [3.63, 3.8) is 0 Å². The summed E-state index contributed by atoms with van der Waals surface area (Å²) in [6.07, 6.45) is -0.254. The fraction of sp³-hybridized carbons (Fsp3) is 0.846. The molecule has 2 unspecified atom stereocenters. The Morgan fingerprint density at radius 1 is 0.909 bits per heavy atom. The van der Waals surface area contributed by atoms with Gasteiger partial charge < -0.3 is 35.0 Å². The molecule has 0 radical (unpaired) electrons. The molecule has 0 spiro atoms. The van der Waals surface area contributed by atoms with Gasteiger partial charge in [-0.05, 0) is 25.7 Å². The van der Waals surface area contributed by atoms with Gasteiger partial charge in [0.15, 0.2) is 12.2 Å². The molecule has 0 saturated heterocycles. The highest BCUT2D eigenvalue weighted by molar-refractivity contribution is 5.83. The molecular formula is C13H26O9. The van der Waals surface area contributed by atoms with E-state index in [4.69, 9.17) is 30.3 Å². The first kappa shape index (κ1) is 23.0. The van der Waals surface area contributed by atoms with Crippen molar-refractivity contribution in [2.24, 2.45) is 0 Å². The maximum atomic E-state index is 10.1. The molecule has 0 saturated carbocycles. The van der Waals surface area contributed by atoms with E-state index in [2.05, 4.69) is 4.74 Å². The van der Waals surface area contributed by atoms with Crippen LogP contribution in [0.3, 0.4) is 0 Å². The lowest BCUT2D eigenvalue weighted by molar-refractivity contribution is -0.168. The monoisotopic (exact) mass is 326 g/mol. The minimum absolute atomic E-state index is 0.250. The molecule has 0 heterocycles. The van der Waals surface area contributed by atoms with Crippen LogP contribution in [0.2, 0.25) is 0 Å². The largest absolute Gasteiger partial charge is 0.479 e. The molecule has 0 aromatic rings. The summed E-state index contributed by atoms with van der Waals surface area (Å²) < 4.78 is 9.42. The van der Waals surface area contributed by atoms with Crippen LogP contribution >= 0.6 is 0 Å².